The molecule has 0 saturated heterocycles. The average molecular weight is 590 g/mol. The average Bonchev–Trinajstić information content (AvgIpc) is 2.99. The molecule has 0 aliphatic rings. The van der Waals surface area contributed by atoms with Crippen LogP contribution in [0.15, 0.2) is 78.9 Å². The first kappa shape index (κ1) is 32.6. The molecule has 0 spiro atoms. The predicted octanol–water partition coefficient (Wildman–Crippen LogP) is 4.03. The molecule has 0 bridgehead atoms. The number of nitrogens with zero attached hydrogens (tertiary/aromatic N) is 2. The van der Waals surface area contributed by atoms with Crippen LogP contribution < -0.4 is 30.9 Å². The minimum atomic E-state index is -0.985. The van der Waals surface area contributed by atoms with E-state index in [1.807, 2.05) is 44.2 Å². The number of nitrogens with one attached hydrogen (secondary N) is 2. The molecule has 1 atom stereocenters. The van der Waals surface area contributed by atoms with Crippen molar-refractivity contribution in [1.29, 1.82) is 0 Å². The van der Waals surface area contributed by atoms with E-state index in [9.17, 15) is 19.2 Å². The molecule has 11 heteroatoms. The lowest BCUT2D eigenvalue weighted by atomic mass is 9.95. The number of nitrogens with two attached hydrogens (primary N) is 1. The van der Waals surface area contributed by atoms with Crippen molar-refractivity contribution in [2.45, 2.75) is 38.6 Å². The van der Waals surface area contributed by atoms with E-state index in [2.05, 4.69) is 10.6 Å². The highest BCUT2D eigenvalue weighted by atomic mass is 16.5. The number of para-hydroxylation sites is 3. The SMILES string of the molecule is CC[C@@](C)(N)CCN(C(=O)CNC(=O)Nc1cccc(CC(=O)O)c1)c1ccccc1OCC(=O)N(C)c1ccccc1. The largest absolute Gasteiger partial charge is 0.482 e. The molecule has 0 aliphatic heterocycles. The first-order valence-corrected chi connectivity index (χ1v) is 14.0. The van der Waals surface area contributed by atoms with Gasteiger partial charge in [-0.3, -0.25) is 14.4 Å². The zero-order chi connectivity index (χ0) is 31.4. The standard InChI is InChI=1S/C32H39N5O6/c1-4-32(2,33)17-18-37(28(38)21-34-31(42)35-24-12-10-11-23(19-24)20-30(40)41)26-15-8-9-16-27(26)43-22-29(39)36(3)25-13-6-5-7-14-25/h5-16,19H,4,17-18,20-22,33H2,1-3H3,(H,40,41)(H2,34,35,42)/t32-/m1/s1. The summed E-state index contributed by atoms with van der Waals surface area (Å²) in [4.78, 5) is 53.0. The van der Waals surface area contributed by atoms with Crippen LogP contribution in [0.3, 0.4) is 0 Å². The third-order valence-electron chi connectivity index (χ3n) is 6.98. The number of carboxylic acid groups (broad SMARTS) is 1. The molecule has 228 valence electrons. The Bertz CT molecular complexity index is 1410. The molecule has 4 amide bonds. The van der Waals surface area contributed by atoms with E-state index in [-0.39, 0.29) is 32.0 Å². The second kappa shape index (κ2) is 15.4. The van der Waals surface area contributed by atoms with Gasteiger partial charge in [0.05, 0.1) is 18.7 Å². The van der Waals surface area contributed by atoms with E-state index in [1.54, 1.807) is 55.6 Å². The summed E-state index contributed by atoms with van der Waals surface area (Å²) in [5, 5.41) is 14.2. The van der Waals surface area contributed by atoms with E-state index in [1.165, 1.54) is 9.80 Å². The van der Waals surface area contributed by atoms with E-state index in [0.717, 1.165) is 5.69 Å². The molecule has 3 aromatic carbocycles. The fourth-order valence-corrected chi connectivity index (χ4v) is 4.12. The summed E-state index contributed by atoms with van der Waals surface area (Å²) in [5.74, 6) is -1.34. The molecule has 0 saturated carbocycles. The number of ether oxygens (including phenoxy) is 1. The number of carbonyl (C=O) groups is 4. The number of amides is 4. The van der Waals surface area contributed by atoms with Crippen LogP contribution in [-0.2, 0) is 20.8 Å². The number of likely N-dealkylation sites (N-methyl/N-ethyl adjacent to an activating group) is 1. The summed E-state index contributed by atoms with van der Waals surface area (Å²) in [5.41, 5.74) is 7.94. The van der Waals surface area contributed by atoms with Gasteiger partial charge in [0.2, 0.25) is 5.91 Å². The molecular formula is C32H39N5O6. The predicted molar refractivity (Wildman–Crippen MR) is 166 cm³/mol. The van der Waals surface area contributed by atoms with Crippen LogP contribution >= 0.6 is 0 Å². The monoisotopic (exact) mass is 589 g/mol. The Morgan fingerprint density at radius 3 is 2.35 bits per heavy atom. The highest BCUT2D eigenvalue weighted by Crippen LogP contribution is 2.29. The summed E-state index contributed by atoms with van der Waals surface area (Å²) in [6, 6.07) is 21.9. The van der Waals surface area contributed by atoms with Crippen molar-refractivity contribution >= 4 is 40.9 Å². The Kier molecular flexibility index (Phi) is 11.7. The Hall–Kier alpha value is -4.90. The minimum absolute atomic E-state index is 0.183. The van der Waals surface area contributed by atoms with Crippen LogP contribution in [0.4, 0.5) is 21.9 Å². The van der Waals surface area contributed by atoms with Crippen molar-refractivity contribution in [3.05, 3.63) is 84.4 Å². The van der Waals surface area contributed by atoms with Crippen molar-refractivity contribution in [1.82, 2.24) is 5.32 Å². The van der Waals surface area contributed by atoms with Gasteiger partial charge in [0.15, 0.2) is 6.61 Å². The smallest absolute Gasteiger partial charge is 0.319 e. The van der Waals surface area contributed by atoms with E-state index in [0.29, 0.717) is 35.5 Å². The molecule has 0 aliphatic carbocycles. The van der Waals surface area contributed by atoms with Crippen molar-refractivity contribution in [2.75, 3.05) is 41.9 Å². The quantitative estimate of drug-likeness (QED) is 0.221. The summed E-state index contributed by atoms with van der Waals surface area (Å²) < 4.78 is 5.92. The maximum absolute atomic E-state index is 13.5. The lowest BCUT2D eigenvalue weighted by Gasteiger charge is -2.30. The highest BCUT2D eigenvalue weighted by Gasteiger charge is 2.24. The normalized spacial score (nSPS) is 12.0. The van der Waals surface area contributed by atoms with Crippen LogP contribution in [-0.4, -0.2) is 61.2 Å². The number of benzene rings is 3. The zero-order valence-electron chi connectivity index (χ0n) is 24.7. The van der Waals surface area contributed by atoms with E-state index in [4.69, 9.17) is 15.6 Å². The molecule has 11 nitrogen and oxygen atoms in total. The number of anilines is 3. The van der Waals surface area contributed by atoms with Crippen molar-refractivity contribution in [2.24, 2.45) is 5.73 Å². The first-order chi connectivity index (χ1) is 20.5. The number of rotatable bonds is 14. The van der Waals surface area contributed by atoms with Gasteiger partial charge in [0.1, 0.15) is 5.75 Å². The summed E-state index contributed by atoms with van der Waals surface area (Å²) in [6.07, 6.45) is 0.981. The number of carbonyl (C=O) groups excluding carboxylic acids is 3. The number of aliphatic carboxylic acids is 1. The maximum atomic E-state index is 13.5. The Balaban J connectivity index is 1.72. The van der Waals surface area contributed by atoms with Gasteiger partial charge in [0.25, 0.3) is 5.91 Å². The van der Waals surface area contributed by atoms with Crippen molar-refractivity contribution < 1.29 is 29.0 Å². The molecule has 0 aromatic heterocycles. The number of hydrogen-bond donors (Lipinski definition) is 4. The lowest BCUT2D eigenvalue weighted by Crippen LogP contribution is -2.45. The third kappa shape index (κ3) is 10.2. The Labute approximate surface area is 251 Å². The second-order valence-corrected chi connectivity index (χ2v) is 10.4. The fourth-order valence-electron chi connectivity index (χ4n) is 4.12. The van der Waals surface area contributed by atoms with Gasteiger partial charge in [0, 0.05) is 30.5 Å². The number of urea groups is 1. The van der Waals surface area contributed by atoms with E-state index >= 15 is 0 Å². The van der Waals surface area contributed by atoms with Crippen LogP contribution in [0, 0.1) is 0 Å². The molecule has 0 radical (unpaired) electrons. The van der Waals surface area contributed by atoms with Gasteiger partial charge < -0.3 is 36.0 Å². The molecule has 0 heterocycles. The summed E-state index contributed by atoms with van der Waals surface area (Å²) in [7, 11) is 1.66. The Morgan fingerprint density at radius 1 is 0.953 bits per heavy atom. The van der Waals surface area contributed by atoms with Crippen LogP contribution in [0.25, 0.3) is 0 Å². The first-order valence-electron chi connectivity index (χ1n) is 14.0. The highest BCUT2D eigenvalue weighted by molar-refractivity contribution is 5.99. The van der Waals surface area contributed by atoms with Crippen LogP contribution in [0.5, 0.6) is 5.75 Å². The van der Waals surface area contributed by atoms with Gasteiger partial charge in [-0.05, 0) is 61.7 Å². The summed E-state index contributed by atoms with van der Waals surface area (Å²) in [6.45, 7) is 3.53. The zero-order valence-corrected chi connectivity index (χ0v) is 24.7. The molecule has 3 rings (SSSR count). The molecule has 3 aromatic rings. The van der Waals surface area contributed by atoms with Gasteiger partial charge in [-0.15, -0.1) is 0 Å². The minimum Gasteiger partial charge on any atom is -0.482 e. The van der Waals surface area contributed by atoms with Gasteiger partial charge in [-0.25, -0.2) is 4.79 Å². The molecule has 5 N–H and O–H groups in total. The van der Waals surface area contributed by atoms with Crippen molar-refractivity contribution in [3.63, 3.8) is 0 Å². The molecule has 0 unspecified atom stereocenters. The molecular weight excluding hydrogens is 550 g/mol. The number of carboxylic acids is 1. The topological polar surface area (TPSA) is 154 Å². The molecule has 43 heavy (non-hydrogen) atoms. The van der Waals surface area contributed by atoms with Gasteiger partial charge in [-0.2, -0.15) is 0 Å². The Morgan fingerprint density at radius 2 is 1.65 bits per heavy atom. The van der Waals surface area contributed by atoms with Crippen LogP contribution in [0.1, 0.15) is 32.3 Å². The van der Waals surface area contributed by atoms with Crippen molar-refractivity contribution in [3.8, 4) is 5.75 Å². The third-order valence-corrected chi connectivity index (χ3v) is 6.98. The van der Waals surface area contributed by atoms with Crippen LogP contribution in [0.2, 0.25) is 0 Å². The van der Waals surface area contributed by atoms with Gasteiger partial charge >= 0.3 is 12.0 Å². The second-order valence-electron chi connectivity index (χ2n) is 10.4. The maximum Gasteiger partial charge on any atom is 0.319 e. The van der Waals surface area contributed by atoms with Gasteiger partial charge in [-0.1, -0.05) is 49.4 Å². The summed E-state index contributed by atoms with van der Waals surface area (Å²) >= 11 is 0. The number of hydrogen-bond acceptors (Lipinski definition) is 6. The lowest BCUT2D eigenvalue weighted by molar-refractivity contribution is -0.136. The molecule has 0 fully saturated rings. The van der Waals surface area contributed by atoms with E-state index < -0.39 is 23.4 Å². The fraction of sp³-hybridized carbons (Fsp3) is 0.312.